The van der Waals surface area contributed by atoms with Crippen LogP contribution in [0.5, 0.6) is 0 Å². The molecule has 5 nitrogen and oxygen atoms in total. The van der Waals surface area contributed by atoms with Crippen molar-refractivity contribution in [3.63, 3.8) is 0 Å². The van der Waals surface area contributed by atoms with E-state index in [1.165, 1.54) is 6.92 Å². The molecule has 15 heavy (non-hydrogen) atoms. The minimum absolute atomic E-state index is 0.0133. The lowest BCUT2D eigenvalue weighted by Gasteiger charge is -1.93. The topological polar surface area (TPSA) is 80.7 Å². The van der Waals surface area contributed by atoms with E-state index in [0.29, 0.717) is 0 Å². The Hall–Kier alpha value is -2.17. The van der Waals surface area contributed by atoms with E-state index in [-0.39, 0.29) is 16.7 Å². The third kappa shape index (κ3) is 2.01. The zero-order valence-electron chi connectivity index (χ0n) is 7.94. The SMILES string of the molecule is C=CC1=C(/C=C(\C)C(=O)O)C(=O)OC1=O. The van der Waals surface area contributed by atoms with Crippen molar-refractivity contribution in [3.8, 4) is 0 Å². The van der Waals surface area contributed by atoms with E-state index in [1.807, 2.05) is 0 Å². The van der Waals surface area contributed by atoms with E-state index in [4.69, 9.17) is 5.11 Å². The van der Waals surface area contributed by atoms with Crippen LogP contribution in [0.15, 0.2) is 35.5 Å². The standard InChI is InChI=1S/C10H8O5/c1-3-6-7(4-5(2)8(11)12)10(14)15-9(6)13/h3-4H,1H2,2H3,(H,11,12)/b5-4+. The Bertz CT molecular complexity index is 425. The van der Waals surface area contributed by atoms with Crippen LogP contribution in [-0.2, 0) is 19.1 Å². The van der Waals surface area contributed by atoms with E-state index in [1.54, 1.807) is 0 Å². The Morgan fingerprint density at radius 3 is 2.33 bits per heavy atom. The molecule has 0 aromatic rings. The number of cyclic esters (lactones) is 2. The van der Waals surface area contributed by atoms with Gasteiger partial charge in [-0.2, -0.15) is 0 Å². The fourth-order valence-corrected chi connectivity index (χ4v) is 1.02. The van der Waals surface area contributed by atoms with Gasteiger partial charge in [-0.05, 0) is 13.0 Å². The highest BCUT2D eigenvalue weighted by molar-refractivity contribution is 6.15. The first-order valence-corrected chi connectivity index (χ1v) is 4.02. The molecule has 1 N–H and O–H groups in total. The second-order valence-corrected chi connectivity index (χ2v) is 2.84. The van der Waals surface area contributed by atoms with Crippen molar-refractivity contribution in [2.24, 2.45) is 0 Å². The summed E-state index contributed by atoms with van der Waals surface area (Å²) in [5.41, 5.74) is -0.147. The third-order valence-electron chi connectivity index (χ3n) is 1.82. The lowest BCUT2D eigenvalue weighted by Crippen LogP contribution is -2.02. The molecule has 0 unspecified atom stereocenters. The molecule has 0 radical (unpaired) electrons. The summed E-state index contributed by atoms with van der Waals surface area (Å²) >= 11 is 0. The summed E-state index contributed by atoms with van der Waals surface area (Å²) in [5, 5.41) is 8.60. The molecule has 1 heterocycles. The van der Waals surface area contributed by atoms with Gasteiger partial charge < -0.3 is 9.84 Å². The molecule has 0 fully saturated rings. The highest BCUT2D eigenvalue weighted by Crippen LogP contribution is 2.20. The van der Waals surface area contributed by atoms with E-state index in [0.717, 1.165) is 12.2 Å². The molecule has 0 aromatic carbocycles. The van der Waals surface area contributed by atoms with Crippen molar-refractivity contribution >= 4 is 17.9 Å². The molecule has 0 spiro atoms. The molecule has 78 valence electrons. The molecule has 0 amide bonds. The second kappa shape index (κ2) is 3.91. The van der Waals surface area contributed by atoms with Crippen LogP contribution in [0.1, 0.15) is 6.92 Å². The van der Waals surface area contributed by atoms with Gasteiger partial charge in [0.25, 0.3) is 0 Å². The molecule has 1 aliphatic heterocycles. The maximum atomic E-state index is 11.1. The molecule has 0 saturated carbocycles. The Morgan fingerprint density at radius 2 is 1.87 bits per heavy atom. The zero-order valence-corrected chi connectivity index (χ0v) is 7.94. The number of carboxylic acid groups (broad SMARTS) is 1. The van der Waals surface area contributed by atoms with Crippen LogP contribution in [0.4, 0.5) is 0 Å². The summed E-state index contributed by atoms with van der Waals surface area (Å²) in [6.07, 6.45) is 2.25. The van der Waals surface area contributed by atoms with Gasteiger partial charge in [0.15, 0.2) is 0 Å². The van der Waals surface area contributed by atoms with Crippen molar-refractivity contribution in [1.29, 1.82) is 0 Å². The Labute approximate surface area is 85.3 Å². The van der Waals surface area contributed by atoms with Gasteiger partial charge >= 0.3 is 17.9 Å². The number of ether oxygens (including phenoxy) is 1. The lowest BCUT2D eigenvalue weighted by molar-refractivity contribution is -0.150. The maximum Gasteiger partial charge on any atom is 0.346 e. The van der Waals surface area contributed by atoms with Gasteiger partial charge in [-0.15, -0.1) is 0 Å². The average molecular weight is 208 g/mol. The smallest absolute Gasteiger partial charge is 0.346 e. The summed E-state index contributed by atoms with van der Waals surface area (Å²) in [5.74, 6) is -2.83. The van der Waals surface area contributed by atoms with E-state index < -0.39 is 17.9 Å². The quantitative estimate of drug-likeness (QED) is 0.417. The number of carbonyl (C=O) groups excluding carboxylic acids is 2. The Kier molecular flexibility index (Phi) is 2.85. The average Bonchev–Trinajstić information content (AvgIpc) is 2.41. The van der Waals surface area contributed by atoms with Crippen molar-refractivity contribution in [2.45, 2.75) is 6.92 Å². The second-order valence-electron chi connectivity index (χ2n) is 2.84. The number of aliphatic carboxylic acids is 1. The predicted octanol–water partition coefficient (Wildman–Crippen LogP) is 0.583. The summed E-state index contributed by atoms with van der Waals surface area (Å²) in [6, 6.07) is 0. The number of carboxylic acids is 1. The van der Waals surface area contributed by atoms with Crippen LogP contribution in [0.3, 0.4) is 0 Å². The Morgan fingerprint density at radius 1 is 1.33 bits per heavy atom. The monoisotopic (exact) mass is 208 g/mol. The maximum absolute atomic E-state index is 11.1. The zero-order chi connectivity index (χ0) is 11.6. The van der Waals surface area contributed by atoms with Crippen molar-refractivity contribution < 1.29 is 24.2 Å². The van der Waals surface area contributed by atoms with Gasteiger partial charge in [-0.25, -0.2) is 14.4 Å². The summed E-state index contributed by atoms with van der Waals surface area (Å²) in [7, 11) is 0. The van der Waals surface area contributed by atoms with Crippen molar-refractivity contribution in [1.82, 2.24) is 0 Å². The first-order chi connectivity index (χ1) is 6.97. The van der Waals surface area contributed by atoms with Crippen molar-refractivity contribution in [2.75, 3.05) is 0 Å². The normalized spacial score (nSPS) is 16.7. The van der Waals surface area contributed by atoms with Crippen molar-refractivity contribution in [3.05, 3.63) is 35.5 Å². The molecule has 1 rings (SSSR count). The number of hydrogen-bond acceptors (Lipinski definition) is 4. The first kappa shape index (κ1) is 10.9. The molecule has 0 aliphatic carbocycles. The first-order valence-electron chi connectivity index (χ1n) is 4.02. The van der Waals surface area contributed by atoms with Gasteiger partial charge in [0.05, 0.1) is 11.1 Å². The van der Waals surface area contributed by atoms with E-state index in [9.17, 15) is 14.4 Å². The fourth-order valence-electron chi connectivity index (χ4n) is 1.02. The summed E-state index contributed by atoms with van der Waals surface area (Å²) in [4.78, 5) is 32.7. The molecule has 0 saturated heterocycles. The fraction of sp³-hybridized carbons (Fsp3) is 0.100. The largest absolute Gasteiger partial charge is 0.478 e. The number of carbonyl (C=O) groups is 3. The van der Waals surface area contributed by atoms with Crippen LogP contribution in [0.25, 0.3) is 0 Å². The van der Waals surface area contributed by atoms with Crippen LogP contribution in [-0.4, -0.2) is 23.0 Å². The minimum Gasteiger partial charge on any atom is -0.478 e. The van der Waals surface area contributed by atoms with Gasteiger partial charge in [0.1, 0.15) is 0 Å². The number of esters is 2. The summed E-state index contributed by atoms with van der Waals surface area (Å²) < 4.78 is 4.30. The third-order valence-corrected chi connectivity index (χ3v) is 1.82. The van der Waals surface area contributed by atoms with E-state index in [2.05, 4.69) is 11.3 Å². The number of rotatable bonds is 3. The lowest BCUT2D eigenvalue weighted by atomic mass is 10.1. The molecular formula is C10H8O5. The Balaban J connectivity index is 3.22. The van der Waals surface area contributed by atoms with Gasteiger partial charge in [0.2, 0.25) is 0 Å². The van der Waals surface area contributed by atoms with Gasteiger partial charge in [0, 0.05) is 5.57 Å². The summed E-state index contributed by atoms with van der Waals surface area (Å²) in [6.45, 7) is 4.65. The molecule has 0 atom stereocenters. The molecule has 1 aliphatic rings. The molecule has 0 bridgehead atoms. The van der Waals surface area contributed by atoms with Crippen LogP contribution in [0, 0.1) is 0 Å². The number of hydrogen-bond donors (Lipinski definition) is 1. The molecule has 0 aromatic heterocycles. The van der Waals surface area contributed by atoms with Crippen LogP contribution < -0.4 is 0 Å². The van der Waals surface area contributed by atoms with E-state index >= 15 is 0 Å². The molecule has 5 heteroatoms. The van der Waals surface area contributed by atoms with Gasteiger partial charge in [-0.3, -0.25) is 0 Å². The van der Waals surface area contributed by atoms with Crippen LogP contribution >= 0.6 is 0 Å². The highest BCUT2D eigenvalue weighted by atomic mass is 16.6. The minimum atomic E-state index is -1.17. The highest BCUT2D eigenvalue weighted by Gasteiger charge is 2.29. The molecular weight excluding hydrogens is 200 g/mol. The van der Waals surface area contributed by atoms with Crippen LogP contribution in [0.2, 0.25) is 0 Å². The van der Waals surface area contributed by atoms with Gasteiger partial charge in [-0.1, -0.05) is 12.7 Å². The predicted molar refractivity (Wildman–Crippen MR) is 49.7 cm³/mol.